The molecule has 0 atom stereocenters. The Bertz CT molecular complexity index is 775. The molecule has 0 fully saturated rings. The highest BCUT2D eigenvalue weighted by Gasteiger charge is 2.05. The normalized spacial score (nSPS) is 10.7. The number of benzene rings is 3. The van der Waals surface area contributed by atoms with Gasteiger partial charge in [0.1, 0.15) is 0 Å². The molecule has 3 aromatic rings. The Hall–Kier alpha value is -1.51. The first-order valence-electron chi connectivity index (χ1n) is 6.79. The zero-order valence-electron chi connectivity index (χ0n) is 11.6. The fraction of sp³-hybridized carbons (Fsp3) is 0.0526. The zero-order valence-corrected chi connectivity index (χ0v) is 14.0. The highest BCUT2D eigenvalue weighted by Crippen LogP contribution is 2.34. The van der Waals surface area contributed by atoms with Gasteiger partial charge in [-0.3, -0.25) is 0 Å². The van der Waals surface area contributed by atoms with E-state index in [0.717, 1.165) is 15.8 Å². The lowest BCUT2D eigenvalue weighted by Crippen LogP contribution is -1.83. The van der Waals surface area contributed by atoms with Gasteiger partial charge in [0.2, 0.25) is 0 Å². The summed E-state index contributed by atoms with van der Waals surface area (Å²) >= 11 is 5.50. The zero-order chi connectivity index (χ0) is 14.7. The van der Waals surface area contributed by atoms with Crippen molar-refractivity contribution in [2.24, 2.45) is 0 Å². The van der Waals surface area contributed by atoms with Crippen LogP contribution in [0, 0.1) is 0 Å². The number of halogens is 1. The summed E-state index contributed by atoms with van der Waals surface area (Å²) < 4.78 is 1.15. The largest absolute Gasteiger partial charge is 0.121 e. The lowest BCUT2D eigenvalue weighted by atomic mass is 10.1. The highest BCUT2D eigenvalue weighted by molar-refractivity contribution is 9.10. The van der Waals surface area contributed by atoms with Crippen molar-refractivity contribution in [1.29, 1.82) is 0 Å². The molecule has 0 saturated carbocycles. The quantitative estimate of drug-likeness (QED) is 0.479. The first-order valence-corrected chi connectivity index (χ1v) is 8.57. The van der Waals surface area contributed by atoms with Crippen LogP contribution in [-0.2, 0) is 5.75 Å². The minimum Gasteiger partial charge on any atom is -0.121 e. The van der Waals surface area contributed by atoms with Crippen molar-refractivity contribution in [2.45, 2.75) is 10.6 Å². The molecule has 104 valence electrons. The second kappa shape index (κ2) is 6.50. The molecule has 0 N–H and O–H groups in total. The van der Waals surface area contributed by atoms with Gasteiger partial charge in [0, 0.05) is 15.1 Å². The fourth-order valence-electron chi connectivity index (χ4n) is 2.27. The Balaban J connectivity index is 1.84. The molecule has 0 aliphatic heterocycles. The average molecular weight is 355 g/mol. The van der Waals surface area contributed by atoms with Gasteiger partial charge in [-0.1, -0.05) is 77.1 Å². The van der Waals surface area contributed by atoms with Crippen LogP contribution in [0.3, 0.4) is 0 Å². The molecule has 3 rings (SSSR count). The van der Waals surface area contributed by atoms with Gasteiger partial charge < -0.3 is 0 Å². The van der Waals surface area contributed by atoms with Crippen LogP contribution in [0.15, 0.2) is 76.6 Å². The number of rotatable bonds is 4. The lowest BCUT2D eigenvalue weighted by molar-refractivity contribution is 1.39. The average Bonchev–Trinajstić information content (AvgIpc) is 2.55. The molecule has 0 nitrogen and oxygen atoms in total. The molecule has 3 aromatic carbocycles. The minimum atomic E-state index is 0.975. The molecule has 0 unspecified atom stereocenters. The van der Waals surface area contributed by atoms with Crippen molar-refractivity contribution >= 4 is 44.5 Å². The van der Waals surface area contributed by atoms with Gasteiger partial charge in [-0.15, -0.1) is 11.8 Å². The molecule has 0 bridgehead atoms. The summed E-state index contributed by atoms with van der Waals surface area (Å²) in [6.45, 7) is 3.79. The van der Waals surface area contributed by atoms with Crippen LogP contribution in [-0.4, -0.2) is 0 Å². The summed E-state index contributed by atoms with van der Waals surface area (Å²) in [6, 6.07) is 21.4. The van der Waals surface area contributed by atoms with Gasteiger partial charge in [-0.2, -0.15) is 0 Å². The third-order valence-electron chi connectivity index (χ3n) is 3.44. The number of thioether (sulfide) groups is 1. The van der Waals surface area contributed by atoms with E-state index in [2.05, 4.69) is 83.2 Å². The van der Waals surface area contributed by atoms with Crippen LogP contribution in [0.25, 0.3) is 16.8 Å². The van der Waals surface area contributed by atoms with E-state index in [1.54, 1.807) is 0 Å². The Morgan fingerprint density at radius 3 is 2.33 bits per heavy atom. The second-order valence-electron chi connectivity index (χ2n) is 4.83. The molecule has 0 aliphatic rings. The predicted molar refractivity (Wildman–Crippen MR) is 97.7 cm³/mol. The predicted octanol–water partition coefficient (Wildman–Crippen LogP) is 6.54. The van der Waals surface area contributed by atoms with E-state index < -0.39 is 0 Å². The number of fused-ring (bicyclic) bond motifs is 1. The highest BCUT2D eigenvalue weighted by atomic mass is 79.9. The number of hydrogen-bond donors (Lipinski definition) is 0. The molecule has 0 amide bonds. The third kappa shape index (κ3) is 3.22. The maximum atomic E-state index is 3.79. The van der Waals surface area contributed by atoms with Crippen LogP contribution in [0.5, 0.6) is 0 Å². The molecular weight excluding hydrogens is 340 g/mol. The minimum absolute atomic E-state index is 0.975. The first-order chi connectivity index (χ1) is 10.3. The van der Waals surface area contributed by atoms with Crippen molar-refractivity contribution in [3.63, 3.8) is 0 Å². The monoisotopic (exact) mass is 354 g/mol. The topological polar surface area (TPSA) is 0 Å². The SMILES string of the molecule is C=Cc1ccc(CSc2ccc(Br)c3ccccc23)cc1. The van der Waals surface area contributed by atoms with Gasteiger partial charge in [0.15, 0.2) is 0 Å². The summed E-state index contributed by atoms with van der Waals surface area (Å²) in [4.78, 5) is 1.32. The summed E-state index contributed by atoms with van der Waals surface area (Å²) in [6.07, 6.45) is 1.87. The first kappa shape index (κ1) is 14.4. The standard InChI is InChI=1S/C19H15BrS/c1-2-14-7-9-15(10-8-14)13-21-19-12-11-18(20)16-5-3-4-6-17(16)19/h2-12H,1,13H2. The fourth-order valence-corrected chi connectivity index (χ4v) is 3.76. The van der Waals surface area contributed by atoms with E-state index in [1.165, 1.54) is 21.2 Å². The van der Waals surface area contributed by atoms with E-state index in [-0.39, 0.29) is 0 Å². The van der Waals surface area contributed by atoms with E-state index in [0.29, 0.717) is 0 Å². The van der Waals surface area contributed by atoms with Gasteiger partial charge in [-0.25, -0.2) is 0 Å². The number of hydrogen-bond acceptors (Lipinski definition) is 1. The molecule has 0 spiro atoms. The van der Waals surface area contributed by atoms with Crippen LogP contribution >= 0.6 is 27.7 Å². The molecule has 0 saturated heterocycles. The van der Waals surface area contributed by atoms with Crippen LogP contribution in [0.1, 0.15) is 11.1 Å². The summed E-state index contributed by atoms with van der Waals surface area (Å²) in [7, 11) is 0. The lowest BCUT2D eigenvalue weighted by Gasteiger charge is -2.08. The molecule has 0 radical (unpaired) electrons. The molecular formula is C19H15BrS. The van der Waals surface area contributed by atoms with Gasteiger partial charge >= 0.3 is 0 Å². The van der Waals surface area contributed by atoms with Crippen molar-refractivity contribution in [1.82, 2.24) is 0 Å². The summed E-state index contributed by atoms with van der Waals surface area (Å²) in [5, 5.41) is 2.57. The van der Waals surface area contributed by atoms with Gasteiger partial charge in [0.25, 0.3) is 0 Å². The van der Waals surface area contributed by atoms with Crippen molar-refractivity contribution in [3.8, 4) is 0 Å². The van der Waals surface area contributed by atoms with Crippen molar-refractivity contribution < 1.29 is 0 Å². The van der Waals surface area contributed by atoms with Crippen molar-refractivity contribution in [2.75, 3.05) is 0 Å². The van der Waals surface area contributed by atoms with E-state index in [1.807, 2.05) is 17.8 Å². The van der Waals surface area contributed by atoms with E-state index >= 15 is 0 Å². The molecule has 0 heterocycles. The Kier molecular flexibility index (Phi) is 4.47. The van der Waals surface area contributed by atoms with Crippen molar-refractivity contribution in [3.05, 3.63) is 82.8 Å². The maximum absolute atomic E-state index is 3.79. The molecule has 2 heteroatoms. The Morgan fingerprint density at radius 2 is 1.62 bits per heavy atom. The van der Waals surface area contributed by atoms with E-state index in [9.17, 15) is 0 Å². The molecule has 0 aromatic heterocycles. The Labute approximate surface area is 138 Å². The van der Waals surface area contributed by atoms with Gasteiger partial charge in [-0.05, 0) is 34.0 Å². The summed E-state index contributed by atoms with van der Waals surface area (Å²) in [5.41, 5.74) is 2.50. The van der Waals surface area contributed by atoms with Crippen LogP contribution < -0.4 is 0 Å². The second-order valence-corrected chi connectivity index (χ2v) is 6.70. The maximum Gasteiger partial charge on any atom is 0.0254 e. The smallest absolute Gasteiger partial charge is 0.0254 e. The molecule has 21 heavy (non-hydrogen) atoms. The van der Waals surface area contributed by atoms with Crippen LogP contribution in [0.4, 0.5) is 0 Å². The van der Waals surface area contributed by atoms with Gasteiger partial charge in [0.05, 0.1) is 0 Å². The Morgan fingerprint density at radius 1 is 0.905 bits per heavy atom. The third-order valence-corrected chi connectivity index (χ3v) is 5.28. The summed E-state index contributed by atoms with van der Waals surface area (Å²) in [5.74, 6) is 0.975. The van der Waals surface area contributed by atoms with E-state index in [4.69, 9.17) is 0 Å². The molecule has 0 aliphatic carbocycles. The van der Waals surface area contributed by atoms with Crippen LogP contribution in [0.2, 0.25) is 0 Å².